The molecule has 0 aliphatic rings. The number of anilines is 1. The number of ether oxygens (including phenoxy) is 1. The van der Waals surface area contributed by atoms with Crippen LogP contribution >= 0.6 is 12.2 Å². The minimum absolute atomic E-state index is 0.115. The second-order valence-electron chi connectivity index (χ2n) is 5.20. The summed E-state index contributed by atoms with van der Waals surface area (Å²) in [5.41, 5.74) is -0.450. The average molecular weight is 354 g/mol. The van der Waals surface area contributed by atoms with Crippen molar-refractivity contribution < 1.29 is 17.9 Å². The molecule has 128 valence electrons. The highest BCUT2D eigenvalue weighted by molar-refractivity contribution is 7.80. The highest BCUT2D eigenvalue weighted by Crippen LogP contribution is 2.30. The molecule has 1 atom stereocenters. The first-order valence-corrected chi connectivity index (χ1v) is 7.68. The van der Waals surface area contributed by atoms with Crippen molar-refractivity contribution in [3.05, 3.63) is 60.2 Å². The summed E-state index contributed by atoms with van der Waals surface area (Å²) in [6, 6.07) is 14.1. The molecule has 2 N–H and O–H groups in total. The van der Waals surface area contributed by atoms with Crippen LogP contribution in [0.4, 0.5) is 18.9 Å². The van der Waals surface area contributed by atoms with E-state index in [0.29, 0.717) is 6.61 Å². The minimum atomic E-state index is -4.39. The second-order valence-corrected chi connectivity index (χ2v) is 5.61. The van der Waals surface area contributed by atoms with E-state index in [1.54, 1.807) is 0 Å². The van der Waals surface area contributed by atoms with Gasteiger partial charge in [-0.25, -0.2) is 0 Å². The Labute approximate surface area is 143 Å². The number of alkyl halides is 3. The summed E-state index contributed by atoms with van der Waals surface area (Å²) < 4.78 is 43.6. The summed E-state index contributed by atoms with van der Waals surface area (Å²) in [6.45, 7) is 2.23. The summed E-state index contributed by atoms with van der Waals surface area (Å²) in [5, 5.41) is 5.95. The topological polar surface area (TPSA) is 33.3 Å². The van der Waals surface area contributed by atoms with Crippen molar-refractivity contribution in [2.45, 2.75) is 19.1 Å². The molecule has 0 spiro atoms. The number of rotatable bonds is 5. The van der Waals surface area contributed by atoms with E-state index in [2.05, 4.69) is 10.6 Å². The van der Waals surface area contributed by atoms with E-state index in [0.717, 1.165) is 17.9 Å². The van der Waals surface area contributed by atoms with Crippen molar-refractivity contribution in [3.8, 4) is 5.75 Å². The van der Waals surface area contributed by atoms with Crippen LogP contribution in [0.2, 0.25) is 0 Å². The van der Waals surface area contributed by atoms with Crippen LogP contribution in [-0.4, -0.2) is 17.8 Å². The van der Waals surface area contributed by atoms with Crippen molar-refractivity contribution in [2.24, 2.45) is 0 Å². The molecular formula is C17H17F3N2OS. The van der Waals surface area contributed by atoms with Crippen LogP contribution in [0, 0.1) is 0 Å². The quantitative estimate of drug-likeness (QED) is 0.777. The predicted octanol–water partition coefficient (Wildman–Crippen LogP) is 4.46. The fourth-order valence-electron chi connectivity index (χ4n) is 1.94. The van der Waals surface area contributed by atoms with E-state index in [9.17, 15) is 13.2 Å². The lowest BCUT2D eigenvalue weighted by atomic mass is 10.2. The molecule has 0 aliphatic heterocycles. The monoisotopic (exact) mass is 354 g/mol. The fourth-order valence-corrected chi connectivity index (χ4v) is 2.26. The van der Waals surface area contributed by atoms with Crippen molar-refractivity contribution in [1.82, 2.24) is 5.32 Å². The Bertz CT molecular complexity index is 677. The molecule has 24 heavy (non-hydrogen) atoms. The summed E-state index contributed by atoms with van der Waals surface area (Å²) in [4.78, 5) is 0. The lowest BCUT2D eigenvalue weighted by molar-refractivity contribution is -0.137. The molecule has 0 saturated heterocycles. The molecule has 3 nitrogen and oxygen atoms in total. The first kappa shape index (κ1) is 18.1. The number of hydrogen-bond acceptors (Lipinski definition) is 2. The zero-order chi connectivity index (χ0) is 17.6. The maximum Gasteiger partial charge on any atom is 0.416 e. The SMILES string of the molecule is C[C@H](COc1ccccc1)NC(=S)Nc1cccc(C(F)(F)F)c1. The van der Waals surface area contributed by atoms with Gasteiger partial charge in [0, 0.05) is 5.69 Å². The molecule has 0 unspecified atom stereocenters. The van der Waals surface area contributed by atoms with Gasteiger partial charge in [0.2, 0.25) is 0 Å². The van der Waals surface area contributed by atoms with Crippen molar-refractivity contribution in [3.63, 3.8) is 0 Å². The number of benzene rings is 2. The van der Waals surface area contributed by atoms with E-state index < -0.39 is 11.7 Å². The third-order valence-electron chi connectivity index (χ3n) is 3.07. The van der Waals surface area contributed by atoms with Crippen molar-refractivity contribution in [1.29, 1.82) is 0 Å². The Morgan fingerprint density at radius 1 is 1.12 bits per heavy atom. The van der Waals surface area contributed by atoms with Gasteiger partial charge in [0.1, 0.15) is 12.4 Å². The lowest BCUT2D eigenvalue weighted by Crippen LogP contribution is -2.39. The van der Waals surface area contributed by atoms with Crippen LogP contribution in [0.5, 0.6) is 5.75 Å². The molecule has 0 aliphatic carbocycles. The van der Waals surface area contributed by atoms with Gasteiger partial charge in [-0.15, -0.1) is 0 Å². The smallest absolute Gasteiger partial charge is 0.416 e. The molecule has 2 rings (SSSR count). The molecule has 0 amide bonds. The van der Waals surface area contributed by atoms with Crippen LogP contribution in [-0.2, 0) is 6.18 Å². The molecule has 0 heterocycles. The Kier molecular flexibility index (Phi) is 6.03. The zero-order valence-electron chi connectivity index (χ0n) is 12.9. The summed E-state index contributed by atoms with van der Waals surface area (Å²) in [5.74, 6) is 0.739. The van der Waals surface area contributed by atoms with E-state index in [-0.39, 0.29) is 16.8 Å². The van der Waals surface area contributed by atoms with Gasteiger partial charge in [0.15, 0.2) is 5.11 Å². The zero-order valence-corrected chi connectivity index (χ0v) is 13.7. The molecule has 0 bridgehead atoms. The average Bonchev–Trinajstić information content (AvgIpc) is 2.53. The second kappa shape index (κ2) is 8.01. The number of para-hydroxylation sites is 1. The van der Waals surface area contributed by atoms with Gasteiger partial charge >= 0.3 is 6.18 Å². The maximum atomic E-state index is 12.7. The highest BCUT2D eigenvalue weighted by Gasteiger charge is 2.30. The molecule has 2 aromatic rings. The number of thiocarbonyl (C=S) groups is 1. The predicted molar refractivity (Wildman–Crippen MR) is 92.2 cm³/mol. The first-order valence-electron chi connectivity index (χ1n) is 7.27. The van der Waals surface area contributed by atoms with Crippen LogP contribution in [0.1, 0.15) is 12.5 Å². The standard InChI is InChI=1S/C17H17F3N2OS/c1-12(11-23-15-8-3-2-4-9-15)21-16(24)22-14-7-5-6-13(10-14)17(18,19)20/h2-10,12H,11H2,1H3,(H2,21,22,24)/t12-/m1/s1. The van der Waals surface area contributed by atoms with Crippen LogP contribution in [0.3, 0.4) is 0 Å². The third-order valence-corrected chi connectivity index (χ3v) is 3.29. The van der Waals surface area contributed by atoms with Crippen molar-refractivity contribution >= 4 is 23.0 Å². The molecule has 0 aromatic heterocycles. The van der Waals surface area contributed by atoms with Gasteiger partial charge in [-0.3, -0.25) is 0 Å². The minimum Gasteiger partial charge on any atom is -0.491 e. The van der Waals surface area contributed by atoms with Crippen molar-refractivity contribution in [2.75, 3.05) is 11.9 Å². The Morgan fingerprint density at radius 3 is 2.50 bits per heavy atom. The van der Waals surface area contributed by atoms with Crippen LogP contribution < -0.4 is 15.4 Å². The number of hydrogen-bond donors (Lipinski definition) is 2. The summed E-state index contributed by atoms with van der Waals surface area (Å²) in [6.07, 6.45) is -4.39. The summed E-state index contributed by atoms with van der Waals surface area (Å²) in [7, 11) is 0. The Morgan fingerprint density at radius 2 is 1.83 bits per heavy atom. The first-order chi connectivity index (χ1) is 11.3. The van der Waals surface area contributed by atoms with Crippen LogP contribution in [0.25, 0.3) is 0 Å². The Balaban J connectivity index is 1.84. The van der Waals surface area contributed by atoms with Crippen LogP contribution in [0.15, 0.2) is 54.6 Å². The van der Waals surface area contributed by atoms with E-state index >= 15 is 0 Å². The highest BCUT2D eigenvalue weighted by atomic mass is 32.1. The lowest BCUT2D eigenvalue weighted by Gasteiger charge is -2.18. The summed E-state index contributed by atoms with van der Waals surface area (Å²) >= 11 is 5.12. The Hall–Kier alpha value is -2.28. The molecule has 2 aromatic carbocycles. The number of halogens is 3. The van der Waals surface area contributed by atoms with Gasteiger partial charge in [0.25, 0.3) is 0 Å². The van der Waals surface area contributed by atoms with Gasteiger partial charge in [-0.1, -0.05) is 24.3 Å². The molecule has 0 saturated carbocycles. The number of nitrogens with one attached hydrogen (secondary N) is 2. The maximum absolute atomic E-state index is 12.7. The molecule has 0 radical (unpaired) electrons. The fraction of sp³-hybridized carbons (Fsp3) is 0.235. The van der Waals surface area contributed by atoms with E-state index in [1.807, 2.05) is 37.3 Å². The van der Waals surface area contributed by atoms with E-state index in [1.165, 1.54) is 12.1 Å². The van der Waals surface area contributed by atoms with Gasteiger partial charge in [-0.05, 0) is 49.5 Å². The normalized spacial score (nSPS) is 12.3. The molecular weight excluding hydrogens is 337 g/mol. The molecule has 0 fully saturated rings. The third kappa shape index (κ3) is 5.73. The molecule has 7 heteroatoms. The van der Waals surface area contributed by atoms with Gasteiger partial charge in [-0.2, -0.15) is 13.2 Å². The largest absolute Gasteiger partial charge is 0.491 e. The van der Waals surface area contributed by atoms with E-state index in [4.69, 9.17) is 17.0 Å². The van der Waals surface area contributed by atoms with Gasteiger partial charge in [0.05, 0.1) is 11.6 Å². The van der Waals surface area contributed by atoms with Gasteiger partial charge < -0.3 is 15.4 Å².